The van der Waals surface area contributed by atoms with Crippen molar-refractivity contribution in [3.63, 3.8) is 0 Å². The second-order valence-electron chi connectivity index (χ2n) is 3.25. The Morgan fingerprint density at radius 3 is 3.00 bits per heavy atom. The van der Waals surface area contributed by atoms with Crippen molar-refractivity contribution < 1.29 is 9.53 Å². The molecule has 1 heterocycles. The summed E-state index contributed by atoms with van der Waals surface area (Å²) in [6.45, 7) is 0.226. The number of carbonyl (C=O) groups is 1. The van der Waals surface area contributed by atoms with E-state index in [4.69, 9.17) is 4.74 Å². The molecule has 1 saturated carbocycles. The topological polar surface area (TPSA) is 44.1 Å². The van der Waals surface area contributed by atoms with Gasteiger partial charge in [0, 0.05) is 12.4 Å². The first-order valence-electron chi connectivity index (χ1n) is 4.51. The summed E-state index contributed by atoms with van der Waals surface area (Å²) in [6, 6.07) is 1.79. The molecule has 0 atom stereocenters. The van der Waals surface area contributed by atoms with E-state index in [0.717, 1.165) is 12.8 Å². The van der Waals surface area contributed by atoms with Crippen molar-refractivity contribution in [2.75, 3.05) is 0 Å². The molecule has 1 aliphatic carbocycles. The van der Waals surface area contributed by atoms with Gasteiger partial charge in [-0.15, -0.1) is 0 Å². The van der Waals surface area contributed by atoms with Crippen molar-refractivity contribution in [3.8, 4) is 0 Å². The fraction of sp³-hybridized carbons (Fsp3) is 0.556. The molecule has 0 aromatic carbocycles. The third-order valence-electron chi connectivity index (χ3n) is 2.20. The molecule has 0 amide bonds. The SMILES string of the molecule is O=C(Cn1cccn1)OC1CCC1. The maximum atomic E-state index is 11.2. The quantitative estimate of drug-likeness (QED) is 0.651. The first-order valence-corrected chi connectivity index (χ1v) is 4.51. The Kier molecular flexibility index (Phi) is 2.29. The first-order chi connectivity index (χ1) is 6.34. The van der Waals surface area contributed by atoms with Crippen molar-refractivity contribution in [1.82, 2.24) is 9.78 Å². The number of hydrogen-bond acceptors (Lipinski definition) is 3. The van der Waals surface area contributed by atoms with Crippen molar-refractivity contribution in [2.24, 2.45) is 0 Å². The summed E-state index contributed by atoms with van der Waals surface area (Å²) in [5, 5.41) is 3.92. The lowest BCUT2D eigenvalue weighted by molar-refractivity contribution is -0.153. The van der Waals surface area contributed by atoms with Crippen LogP contribution < -0.4 is 0 Å². The smallest absolute Gasteiger partial charge is 0.328 e. The van der Waals surface area contributed by atoms with E-state index in [2.05, 4.69) is 5.10 Å². The zero-order valence-corrected chi connectivity index (χ0v) is 7.35. The summed E-state index contributed by atoms with van der Waals surface area (Å²) in [5.74, 6) is -0.187. The molecule has 0 aliphatic heterocycles. The molecule has 1 aromatic heterocycles. The van der Waals surface area contributed by atoms with E-state index in [-0.39, 0.29) is 18.6 Å². The lowest BCUT2D eigenvalue weighted by Crippen LogP contribution is -2.27. The van der Waals surface area contributed by atoms with Gasteiger partial charge in [0.25, 0.3) is 0 Å². The third-order valence-corrected chi connectivity index (χ3v) is 2.20. The van der Waals surface area contributed by atoms with Gasteiger partial charge in [0.2, 0.25) is 0 Å². The van der Waals surface area contributed by atoms with Crippen LogP contribution in [0.25, 0.3) is 0 Å². The molecule has 13 heavy (non-hydrogen) atoms. The Balaban J connectivity index is 1.78. The molecule has 0 radical (unpaired) electrons. The molecular weight excluding hydrogens is 168 g/mol. The van der Waals surface area contributed by atoms with Crippen LogP contribution in [0.5, 0.6) is 0 Å². The van der Waals surface area contributed by atoms with E-state index in [1.54, 1.807) is 23.1 Å². The number of nitrogens with zero attached hydrogens (tertiary/aromatic N) is 2. The summed E-state index contributed by atoms with van der Waals surface area (Å²) < 4.78 is 6.73. The minimum absolute atomic E-state index is 0.170. The summed E-state index contributed by atoms with van der Waals surface area (Å²) in [5.41, 5.74) is 0. The van der Waals surface area contributed by atoms with E-state index in [1.807, 2.05) is 0 Å². The maximum Gasteiger partial charge on any atom is 0.328 e. The molecule has 0 saturated heterocycles. The third kappa shape index (κ3) is 2.08. The standard InChI is InChI=1S/C9H12N2O2/c12-9(13-8-3-1-4-8)7-11-6-2-5-10-11/h2,5-6,8H,1,3-4,7H2. The molecule has 1 aliphatic rings. The van der Waals surface area contributed by atoms with Gasteiger partial charge in [0.05, 0.1) is 0 Å². The van der Waals surface area contributed by atoms with Gasteiger partial charge in [0.1, 0.15) is 12.6 Å². The average Bonchev–Trinajstić information content (AvgIpc) is 2.49. The molecule has 1 aromatic rings. The van der Waals surface area contributed by atoms with E-state index in [1.165, 1.54) is 6.42 Å². The van der Waals surface area contributed by atoms with Gasteiger partial charge >= 0.3 is 5.97 Å². The van der Waals surface area contributed by atoms with Crippen LogP contribution in [0.1, 0.15) is 19.3 Å². The Bertz CT molecular complexity index is 278. The van der Waals surface area contributed by atoms with Crippen LogP contribution in [0, 0.1) is 0 Å². The molecule has 4 heteroatoms. The van der Waals surface area contributed by atoms with Crippen molar-refractivity contribution >= 4 is 5.97 Å². The predicted molar refractivity (Wildman–Crippen MR) is 46.0 cm³/mol. The highest BCUT2D eigenvalue weighted by Gasteiger charge is 2.21. The molecule has 0 bridgehead atoms. The fourth-order valence-corrected chi connectivity index (χ4v) is 1.24. The van der Waals surface area contributed by atoms with Crippen LogP contribution in [0.15, 0.2) is 18.5 Å². The Morgan fingerprint density at radius 1 is 1.62 bits per heavy atom. The zero-order chi connectivity index (χ0) is 9.10. The molecular formula is C9H12N2O2. The van der Waals surface area contributed by atoms with Crippen LogP contribution in [0.4, 0.5) is 0 Å². The number of carbonyl (C=O) groups excluding carboxylic acids is 1. The maximum absolute atomic E-state index is 11.2. The number of esters is 1. The lowest BCUT2D eigenvalue weighted by atomic mass is 9.96. The normalized spacial score (nSPS) is 16.6. The number of rotatable bonds is 3. The second kappa shape index (κ2) is 3.60. The van der Waals surface area contributed by atoms with Gasteiger partial charge in [-0.05, 0) is 25.3 Å². The highest BCUT2D eigenvalue weighted by atomic mass is 16.5. The molecule has 0 unspecified atom stereocenters. The highest BCUT2D eigenvalue weighted by Crippen LogP contribution is 2.21. The summed E-state index contributed by atoms with van der Waals surface area (Å²) in [4.78, 5) is 11.2. The average molecular weight is 180 g/mol. The fourth-order valence-electron chi connectivity index (χ4n) is 1.24. The van der Waals surface area contributed by atoms with Gasteiger partial charge in [-0.2, -0.15) is 5.10 Å². The molecule has 0 N–H and O–H groups in total. The summed E-state index contributed by atoms with van der Waals surface area (Å²) in [6.07, 6.45) is 6.79. The van der Waals surface area contributed by atoms with Crippen LogP contribution in [0.2, 0.25) is 0 Å². The van der Waals surface area contributed by atoms with Gasteiger partial charge in [-0.25, -0.2) is 0 Å². The minimum Gasteiger partial charge on any atom is -0.461 e. The van der Waals surface area contributed by atoms with Crippen molar-refractivity contribution in [3.05, 3.63) is 18.5 Å². The largest absolute Gasteiger partial charge is 0.461 e. The van der Waals surface area contributed by atoms with E-state index in [9.17, 15) is 4.79 Å². The Hall–Kier alpha value is -1.32. The van der Waals surface area contributed by atoms with Gasteiger partial charge in [-0.3, -0.25) is 9.48 Å². The van der Waals surface area contributed by atoms with Gasteiger partial charge in [-0.1, -0.05) is 0 Å². The predicted octanol–water partition coefficient (Wildman–Crippen LogP) is 0.979. The van der Waals surface area contributed by atoms with Crippen LogP contribution in [-0.4, -0.2) is 21.9 Å². The van der Waals surface area contributed by atoms with Crippen LogP contribution in [-0.2, 0) is 16.1 Å². The second-order valence-corrected chi connectivity index (χ2v) is 3.25. The van der Waals surface area contributed by atoms with Crippen LogP contribution in [0.3, 0.4) is 0 Å². The van der Waals surface area contributed by atoms with E-state index < -0.39 is 0 Å². The van der Waals surface area contributed by atoms with Crippen LogP contribution >= 0.6 is 0 Å². The minimum atomic E-state index is -0.187. The van der Waals surface area contributed by atoms with E-state index >= 15 is 0 Å². The van der Waals surface area contributed by atoms with Gasteiger partial charge in [0.15, 0.2) is 0 Å². The molecule has 1 fully saturated rings. The molecule has 70 valence electrons. The Labute approximate surface area is 76.5 Å². The zero-order valence-electron chi connectivity index (χ0n) is 7.35. The first kappa shape index (κ1) is 8.29. The molecule has 4 nitrogen and oxygen atoms in total. The molecule has 0 spiro atoms. The van der Waals surface area contributed by atoms with Crippen molar-refractivity contribution in [2.45, 2.75) is 31.9 Å². The highest BCUT2D eigenvalue weighted by molar-refractivity contribution is 5.69. The number of aromatic nitrogens is 2. The Morgan fingerprint density at radius 2 is 2.46 bits per heavy atom. The summed E-state index contributed by atoms with van der Waals surface area (Å²) in [7, 11) is 0. The van der Waals surface area contributed by atoms with E-state index in [0.29, 0.717) is 0 Å². The number of ether oxygens (including phenoxy) is 1. The van der Waals surface area contributed by atoms with Gasteiger partial charge < -0.3 is 4.74 Å². The van der Waals surface area contributed by atoms with Crippen molar-refractivity contribution in [1.29, 1.82) is 0 Å². The molecule has 2 rings (SSSR count). The monoisotopic (exact) mass is 180 g/mol. The number of hydrogen-bond donors (Lipinski definition) is 0. The summed E-state index contributed by atoms with van der Waals surface area (Å²) >= 11 is 0. The lowest BCUT2D eigenvalue weighted by Gasteiger charge is -2.24.